The van der Waals surface area contributed by atoms with Crippen LogP contribution in [0.5, 0.6) is 0 Å². The number of aryl methyl sites for hydroxylation is 1. The lowest BCUT2D eigenvalue weighted by Crippen LogP contribution is -2.24. The Morgan fingerprint density at radius 2 is 1.85 bits per heavy atom. The van der Waals surface area contributed by atoms with Gasteiger partial charge in [-0.3, -0.25) is 4.79 Å². The molecule has 26 heavy (non-hydrogen) atoms. The number of hydrogen-bond donors (Lipinski definition) is 0. The van der Waals surface area contributed by atoms with Crippen molar-refractivity contribution in [1.82, 2.24) is 10.2 Å². The van der Waals surface area contributed by atoms with Gasteiger partial charge in [-0.2, -0.15) is 0 Å². The summed E-state index contributed by atoms with van der Waals surface area (Å²) in [6.07, 6.45) is 0.793. The topological polar surface area (TPSA) is 59.2 Å². The minimum Gasteiger partial charge on any atom is -0.425 e. The zero-order chi connectivity index (χ0) is 18.1. The van der Waals surface area contributed by atoms with Crippen molar-refractivity contribution in [3.63, 3.8) is 0 Å². The van der Waals surface area contributed by atoms with Crippen LogP contribution in [0.4, 0.5) is 10.1 Å². The van der Waals surface area contributed by atoms with E-state index in [1.165, 1.54) is 12.1 Å². The zero-order valence-corrected chi connectivity index (χ0v) is 14.4. The average Bonchev–Trinajstić information content (AvgIpc) is 3.24. The molecule has 3 aromatic rings. The highest BCUT2D eigenvalue weighted by molar-refractivity contribution is 5.96. The van der Waals surface area contributed by atoms with Gasteiger partial charge in [0.05, 0.1) is 12.3 Å². The van der Waals surface area contributed by atoms with Crippen LogP contribution < -0.4 is 4.90 Å². The van der Waals surface area contributed by atoms with Crippen molar-refractivity contribution in [3.8, 4) is 0 Å². The second-order valence-corrected chi connectivity index (χ2v) is 6.58. The lowest BCUT2D eigenvalue weighted by Gasteiger charge is -2.16. The number of anilines is 1. The molecule has 1 aliphatic rings. The molecule has 0 saturated carbocycles. The third kappa shape index (κ3) is 3.35. The van der Waals surface area contributed by atoms with Crippen LogP contribution in [-0.4, -0.2) is 22.6 Å². The lowest BCUT2D eigenvalue weighted by molar-refractivity contribution is -0.117. The van der Waals surface area contributed by atoms with E-state index < -0.39 is 0 Å². The van der Waals surface area contributed by atoms with E-state index in [1.807, 2.05) is 31.2 Å². The van der Waals surface area contributed by atoms with Gasteiger partial charge in [0.25, 0.3) is 0 Å². The normalized spacial score (nSPS) is 17.1. The largest absolute Gasteiger partial charge is 0.425 e. The van der Waals surface area contributed by atoms with Crippen molar-refractivity contribution < 1.29 is 13.6 Å². The summed E-state index contributed by atoms with van der Waals surface area (Å²) in [4.78, 5) is 14.1. The molecule has 0 N–H and O–H groups in total. The summed E-state index contributed by atoms with van der Waals surface area (Å²) in [5.74, 6) is 0.606. The van der Waals surface area contributed by atoms with E-state index in [4.69, 9.17) is 4.42 Å². The molecule has 0 unspecified atom stereocenters. The first kappa shape index (κ1) is 16.4. The predicted octanol–water partition coefficient (Wildman–Crippen LogP) is 3.63. The molecule has 132 valence electrons. The quantitative estimate of drug-likeness (QED) is 0.720. The van der Waals surface area contributed by atoms with Crippen LogP contribution in [0.3, 0.4) is 0 Å². The highest BCUT2D eigenvalue weighted by atomic mass is 19.1. The van der Waals surface area contributed by atoms with Gasteiger partial charge in [-0.15, -0.1) is 10.2 Å². The van der Waals surface area contributed by atoms with Gasteiger partial charge >= 0.3 is 0 Å². The Morgan fingerprint density at radius 1 is 1.12 bits per heavy atom. The summed E-state index contributed by atoms with van der Waals surface area (Å²) in [7, 11) is 0. The molecule has 1 fully saturated rings. The predicted molar refractivity (Wildman–Crippen MR) is 94.4 cm³/mol. The van der Waals surface area contributed by atoms with Crippen molar-refractivity contribution in [1.29, 1.82) is 0 Å². The first-order valence-electron chi connectivity index (χ1n) is 8.52. The molecule has 0 bridgehead atoms. The van der Waals surface area contributed by atoms with Crippen molar-refractivity contribution >= 4 is 11.6 Å². The van der Waals surface area contributed by atoms with Crippen LogP contribution in [0.25, 0.3) is 0 Å². The molecule has 0 aliphatic carbocycles. The van der Waals surface area contributed by atoms with Crippen LogP contribution in [-0.2, 0) is 11.2 Å². The Kier molecular flexibility index (Phi) is 4.24. The second kappa shape index (κ2) is 6.71. The molecule has 1 atom stereocenters. The summed E-state index contributed by atoms with van der Waals surface area (Å²) in [5, 5.41) is 8.19. The van der Waals surface area contributed by atoms with E-state index in [2.05, 4.69) is 10.2 Å². The molecule has 1 saturated heterocycles. The van der Waals surface area contributed by atoms with Gasteiger partial charge < -0.3 is 9.32 Å². The molecule has 0 spiro atoms. The maximum absolute atomic E-state index is 13.0. The van der Waals surface area contributed by atoms with Crippen molar-refractivity contribution in [3.05, 3.63) is 77.3 Å². The summed E-state index contributed by atoms with van der Waals surface area (Å²) in [5.41, 5.74) is 2.93. The van der Waals surface area contributed by atoms with Gasteiger partial charge in [0.2, 0.25) is 17.7 Å². The molecule has 2 heterocycles. The van der Waals surface area contributed by atoms with Crippen LogP contribution >= 0.6 is 0 Å². The van der Waals surface area contributed by atoms with Gasteiger partial charge in [-0.1, -0.05) is 29.8 Å². The number of amides is 1. The Labute approximate surface area is 150 Å². The first-order valence-corrected chi connectivity index (χ1v) is 8.52. The van der Waals surface area contributed by atoms with Crippen LogP contribution in [0.15, 0.2) is 52.9 Å². The Hall–Kier alpha value is -3.02. The van der Waals surface area contributed by atoms with E-state index in [0.717, 1.165) is 16.8 Å². The van der Waals surface area contributed by atoms with Crippen molar-refractivity contribution in [2.45, 2.75) is 25.7 Å². The number of aromatic nitrogens is 2. The molecule has 1 aromatic heterocycles. The van der Waals surface area contributed by atoms with Crippen LogP contribution in [0.2, 0.25) is 0 Å². The smallest absolute Gasteiger partial charge is 0.227 e. The van der Waals surface area contributed by atoms with Crippen LogP contribution in [0.1, 0.15) is 35.2 Å². The summed E-state index contributed by atoms with van der Waals surface area (Å²) < 4.78 is 18.7. The number of carbonyl (C=O) groups is 1. The number of rotatable bonds is 4. The molecular weight excluding hydrogens is 333 g/mol. The number of hydrogen-bond acceptors (Lipinski definition) is 4. The maximum atomic E-state index is 13.0. The fourth-order valence-electron chi connectivity index (χ4n) is 3.13. The number of halogens is 1. The number of nitrogens with zero attached hydrogens (tertiary/aromatic N) is 3. The van der Waals surface area contributed by atoms with E-state index in [1.54, 1.807) is 17.0 Å². The van der Waals surface area contributed by atoms with E-state index in [-0.39, 0.29) is 17.6 Å². The third-order valence-electron chi connectivity index (χ3n) is 4.57. The highest BCUT2D eigenvalue weighted by Gasteiger charge is 2.34. The third-order valence-corrected chi connectivity index (χ3v) is 4.57. The SMILES string of the molecule is Cc1ccc(N2C[C@@H](c3nnc(Cc4ccc(F)cc4)o3)CC2=O)cc1. The van der Waals surface area contributed by atoms with Gasteiger partial charge in [0.1, 0.15) is 5.82 Å². The van der Waals surface area contributed by atoms with E-state index in [0.29, 0.717) is 31.2 Å². The summed E-state index contributed by atoms with van der Waals surface area (Å²) in [6, 6.07) is 14.1. The molecule has 1 amide bonds. The fraction of sp³-hybridized carbons (Fsp3) is 0.250. The molecule has 0 radical (unpaired) electrons. The molecular formula is C20H18FN3O2. The molecule has 1 aliphatic heterocycles. The second-order valence-electron chi connectivity index (χ2n) is 6.58. The Morgan fingerprint density at radius 3 is 2.58 bits per heavy atom. The minimum absolute atomic E-state index is 0.0529. The lowest BCUT2D eigenvalue weighted by atomic mass is 10.1. The summed E-state index contributed by atoms with van der Waals surface area (Å²) >= 11 is 0. The molecule has 6 heteroatoms. The molecule has 2 aromatic carbocycles. The minimum atomic E-state index is -0.277. The first-order chi connectivity index (χ1) is 12.6. The molecule has 4 rings (SSSR count). The van der Waals surface area contributed by atoms with Gasteiger partial charge in [0, 0.05) is 18.7 Å². The monoisotopic (exact) mass is 351 g/mol. The Bertz CT molecular complexity index is 919. The number of carbonyl (C=O) groups excluding carboxylic acids is 1. The zero-order valence-electron chi connectivity index (χ0n) is 14.4. The summed E-state index contributed by atoms with van der Waals surface area (Å²) in [6.45, 7) is 2.54. The van der Waals surface area contributed by atoms with Crippen molar-refractivity contribution in [2.24, 2.45) is 0 Å². The standard InChI is InChI=1S/C20H18FN3O2/c1-13-2-8-17(9-3-13)24-12-15(11-19(24)25)20-23-22-18(26-20)10-14-4-6-16(21)7-5-14/h2-9,15H,10-12H2,1H3/t15-/m0/s1. The van der Waals surface area contributed by atoms with Crippen molar-refractivity contribution in [2.75, 3.05) is 11.4 Å². The Balaban J connectivity index is 1.47. The number of benzene rings is 2. The highest BCUT2D eigenvalue weighted by Crippen LogP contribution is 2.31. The van der Waals surface area contributed by atoms with Gasteiger partial charge in [-0.25, -0.2) is 4.39 Å². The maximum Gasteiger partial charge on any atom is 0.227 e. The van der Waals surface area contributed by atoms with Crippen LogP contribution in [0, 0.1) is 12.7 Å². The van der Waals surface area contributed by atoms with E-state index in [9.17, 15) is 9.18 Å². The van der Waals surface area contributed by atoms with Gasteiger partial charge in [0.15, 0.2) is 0 Å². The van der Waals surface area contributed by atoms with E-state index >= 15 is 0 Å². The fourth-order valence-corrected chi connectivity index (χ4v) is 3.13. The van der Waals surface area contributed by atoms with Gasteiger partial charge in [-0.05, 0) is 36.8 Å². The average molecular weight is 351 g/mol. The molecule has 5 nitrogen and oxygen atoms in total.